The molecule has 1 aliphatic heterocycles. The predicted octanol–water partition coefficient (Wildman–Crippen LogP) is 2.92. The van der Waals surface area contributed by atoms with Gasteiger partial charge in [-0.1, -0.05) is 26.8 Å². The molecule has 1 aromatic heterocycles. The fourth-order valence-corrected chi connectivity index (χ4v) is 5.74. The quantitative estimate of drug-likeness (QED) is 0.718. The third-order valence-electron chi connectivity index (χ3n) is 5.89. The highest BCUT2D eigenvalue weighted by Crippen LogP contribution is 2.36. The first-order chi connectivity index (χ1) is 13.9. The summed E-state index contributed by atoms with van der Waals surface area (Å²) in [7, 11) is -3.94. The Kier molecular flexibility index (Phi) is 6.22. The summed E-state index contributed by atoms with van der Waals surface area (Å²) in [5.41, 5.74) is 1.80. The van der Waals surface area contributed by atoms with E-state index in [0.717, 1.165) is 18.4 Å². The van der Waals surface area contributed by atoms with Gasteiger partial charge in [0.25, 0.3) is 10.2 Å². The first-order valence-electron chi connectivity index (χ1n) is 10.00. The number of aromatic nitrogens is 2. The van der Waals surface area contributed by atoms with E-state index in [1.165, 1.54) is 10.4 Å². The molecule has 30 heavy (non-hydrogen) atoms. The Hall–Kier alpha value is -2.04. The van der Waals surface area contributed by atoms with Gasteiger partial charge in [-0.25, -0.2) is 14.3 Å². The Labute approximate surface area is 176 Å². The highest BCUT2D eigenvalue weighted by molar-refractivity contribution is 7.87. The summed E-state index contributed by atoms with van der Waals surface area (Å²) in [4.78, 5) is 11.5. The number of aromatic amines is 1. The zero-order valence-electron chi connectivity index (χ0n) is 18.0. The average molecular weight is 441 g/mol. The third-order valence-corrected chi connectivity index (χ3v) is 7.43. The monoisotopic (exact) mass is 440 g/mol. The molecule has 1 aliphatic rings. The van der Waals surface area contributed by atoms with E-state index in [2.05, 4.69) is 14.9 Å². The number of H-pyrrole nitrogens is 1. The minimum Gasteiger partial charge on any atom is -0.391 e. The molecule has 0 spiro atoms. The minimum absolute atomic E-state index is 0.132. The molecule has 1 fully saturated rings. The lowest BCUT2D eigenvalue weighted by Gasteiger charge is -2.38. The molecule has 3 rings (SSSR count). The normalized spacial score (nSPS) is 19.5. The fourth-order valence-electron chi connectivity index (χ4n) is 4.08. The standard InChI is InChI=1S/C20H29FN4O4S/c1-12-7-8-15(21)16(13(12)2)14(3)17(18-22-23-19(26)29-18)24-30(27,28)25-10-6-9-20(4,5)11-25/h7-8,14,17,24H,6,9-11H2,1-5H3,(H,23,26)/t14-,17+/m1/s1. The van der Waals surface area contributed by atoms with E-state index in [1.54, 1.807) is 19.9 Å². The molecule has 1 saturated heterocycles. The Morgan fingerprint density at radius 2 is 2.03 bits per heavy atom. The van der Waals surface area contributed by atoms with Crippen LogP contribution in [0.15, 0.2) is 21.3 Å². The van der Waals surface area contributed by atoms with Crippen molar-refractivity contribution in [2.45, 2.75) is 59.4 Å². The second kappa shape index (κ2) is 8.24. The maximum atomic E-state index is 14.7. The second-order valence-electron chi connectivity index (χ2n) is 8.84. The average Bonchev–Trinajstić information content (AvgIpc) is 3.08. The molecule has 0 bridgehead atoms. The maximum Gasteiger partial charge on any atom is 0.434 e. The summed E-state index contributed by atoms with van der Waals surface area (Å²) in [5, 5.41) is 5.99. The topological polar surface area (TPSA) is 108 Å². The zero-order valence-corrected chi connectivity index (χ0v) is 18.8. The van der Waals surface area contributed by atoms with Gasteiger partial charge in [0.2, 0.25) is 5.89 Å². The van der Waals surface area contributed by atoms with Crippen LogP contribution < -0.4 is 10.5 Å². The van der Waals surface area contributed by atoms with Gasteiger partial charge >= 0.3 is 5.76 Å². The molecular weight excluding hydrogens is 411 g/mol. The third kappa shape index (κ3) is 4.65. The van der Waals surface area contributed by atoms with Gasteiger partial charge in [-0.05, 0) is 54.9 Å². The van der Waals surface area contributed by atoms with Crippen molar-refractivity contribution < 1.29 is 17.2 Å². The fraction of sp³-hybridized carbons (Fsp3) is 0.600. The molecule has 10 heteroatoms. The van der Waals surface area contributed by atoms with Crippen LogP contribution in [0, 0.1) is 25.1 Å². The molecule has 0 amide bonds. The number of halogens is 1. The zero-order chi connectivity index (χ0) is 22.3. The lowest BCUT2D eigenvalue weighted by atomic mass is 9.85. The largest absolute Gasteiger partial charge is 0.434 e. The van der Waals surface area contributed by atoms with Gasteiger partial charge in [0.15, 0.2) is 0 Å². The van der Waals surface area contributed by atoms with Crippen molar-refractivity contribution >= 4 is 10.2 Å². The van der Waals surface area contributed by atoms with E-state index in [9.17, 15) is 17.6 Å². The molecule has 8 nitrogen and oxygen atoms in total. The summed E-state index contributed by atoms with van der Waals surface area (Å²) >= 11 is 0. The van der Waals surface area contributed by atoms with Gasteiger partial charge in [-0.15, -0.1) is 5.10 Å². The van der Waals surface area contributed by atoms with Crippen molar-refractivity contribution in [3.63, 3.8) is 0 Å². The highest BCUT2D eigenvalue weighted by Gasteiger charge is 2.38. The van der Waals surface area contributed by atoms with Gasteiger partial charge in [-0.3, -0.25) is 0 Å². The number of aryl methyl sites for hydroxylation is 1. The van der Waals surface area contributed by atoms with E-state index < -0.39 is 33.7 Å². The molecule has 0 radical (unpaired) electrons. The Morgan fingerprint density at radius 3 is 2.63 bits per heavy atom. The predicted molar refractivity (Wildman–Crippen MR) is 111 cm³/mol. The molecule has 0 aliphatic carbocycles. The van der Waals surface area contributed by atoms with Gasteiger partial charge in [0.1, 0.15) is 11.9 Å². The van der Waals surface area contributed by atoms with Crippen molar-refractivity contribution in [1.29, 1.82) is 0 Å². The number of hydrogen-bond donors (Lipinski definition) is 2. The Morgan fingerprint density at radius 1 is 1.33 bits per heavy atom. The molecule has 0 unspecified atom stereocenters. The number of rotatable bonds is 6. The van der Waals surface area contributed by atoms with Crippen LogP contribution in [0.25, 0.3) is 0 Å². The van der Waals surface area contributed by atoms with Crippen molar-refractivity contribution in [2.75, 3.05) is 13.1 Å². The minimum atomic E-state index is -3.94. The number of piperidine rings is 1. The van der Waals surface area contributed by atoms with Gasteiger partial charge in [0, 0.05) is 19.0 Å². The van der Waals surface area contributed by atoms with E-state index in [1.807, 2.05) is 20.8 Å². The van der Waals surface area contributed by atoms with E-state index >= 15 is 0 Å². The summed E-state index contributed by atoms with van der Waals surface area (Å²) in [6.07, 6.45) is 1.68. The Bertz CT molecular complexity index is 1080. The van der Waals surface area contributed by atoms with Crippen molar-refractivity contribution in [3.8, 4) is 0 Å². The Balaban J connectivity index is 2.00. The van der Waals surface area contributed by atoms with E-state index in [-0.39, 0.29) is 11.3 Å². The molecule has 0 saturated carbocycles. The van der Waals surface area contributed by atoms with Gasteiger partial charge < -0.3 is 4.42 Å². The van der Waals surface area contributed by atoms with Crippen LogP contribution in [-0.2, 0) is 10.2 Å². The van der Waals surface area contributed by atoms with E-state index in [4.69, 9.17) is 4.42 Å². The van der Waals surface area contributed by atoms with Gasteiger partial charge in [0.05, 0.1) is 0 Å². The van der Waals surface area contributed by atoms with Crippen molar-refractivity contribution in [2.24, 2.45) is 5.41 Å². The van der Waals surface area contributed by atoms with Crippen LogP contribution in [0.1, 0.15) is 68.2 Å². The van der Waals surface area contributed by atoms with E-state index in [0.29, 0.717) is 24.2 Å². The molecule has 1 aromatic carbocycles. The maximum absolute atomic E-state index is 14.7. The molecule has 2 atom stereocenters. The van der Waals surface area contributed by atoms with Crippen LogP contribution in [0.2, 0.25) is 0 Å². The molecule has 2 N–H and O–H groups in total. The van der Waals surface area contributed by atoms with Crippen LogP contribution in [-0.4, -0.2) is 36.0 Å². The highest BCUT2D eigenvalue weighted by atomic mass is 32.2. The first kappa shape index (κ1) is 22.6. The number of hydrogen-bond acceptors (Lipinski definition) is 5. The number of nitrogens with one attached hydrogen (secondary N) is 2. The smallest absolute Gasteiger partial charge is 0.391 e. The molecule has 2 aromatic rings. The summed E-state index contributed by atoms with van der Waals surface area (Å²) in [6.45, 7) is 10.1. The number of nitrogens with zero attached hydrogens (tertiary/aromatic N) is 2. The lowest BCUT2D eigenvalue weighted by Crippen LogP contribution is -2.49. The van der Waals surface area contributed by atoms with Gasteiger partial charge in [-0.2, -0.15) is 17.4 Å². The molecule has 2 heterocycles. The van der Waals surface area contributed by atoms with Crippen LogP contribution in [0.3, 0.4) is 0 Å². The van der Waals surface area contributed by atoms with Crippen LogP contribution in [0.5, 0.6) is 0 Å². The summed E-state index contributed by atoms with van der Waals surface area (Å²) in [5.74, 6) is -2.06. The summed E-state index contributed by atoms with van der Waals surface area (Å²) in [6, 6.07) is 1.96. The summed E-state index contributed by atoms with van der Waals surface area (Å²) < 4.78 is 50.2. The first-order valence-corrected chi connectivity index (χ1v) is 11.4. The van der Waals surface area contributed by atoms with Crippen molar-refractivity contribution in [3.05, 3.63) is 51.1 Å². The lowest BCUT2D eigenvalue weighted by molar-refractivity contribution is 0.184. The van der Waals surface area contributed by atoms with Crippen LogP contribution in [0.4, 0.5) is 4.39 Å². The SMILES string of the molecule is Cc1ccc(F)c([C@@H](C)[C@H](NS(=O)(=O)N2CCCC(C)(C)C2)c2n[nH]c(=O)o2)c1C. The van der Waals surface area contributed by atoms with Crippen molar-refractivity contribution in [1.82, 2.24) is 19.2 Å². The van der Waals surface area contributed by atoms with Crippen LogP contribution >= 0.6 is 0 Å². The number of benzene rings is 1. The molecular formula is C20H29FN4O4S. The second-order valence-corrected chi connectivity index (χ2v) is 10.5. The molecule has 166 valence electrons.